The third-order valence-corrected chi connectivity index (χ3v) is 5.39. The lowest BCUT2D eigenvalue weighted by Crippen LogP contribution is -1.97. The van der Waals surface area contributed by atoms with Crippen molar-refractivity contribution in [3.63, 3.8) is 0 Å². The maximum absolute atomic E-state index is 10.4. The van der Waals surface area contributed by atoms with E-state index in [0.717, 1.165) is 11.1 Å². The van der Waals surface area contributed by atoms with Crippen molar-refractivity contribution in [3.8, 4) is 0 Å². The van der Waals surface area contributed by atoms with Gasteiger partial charge in [-0.1, -0.05) is 35.4 Å². The molecule has 0 N–H and O–H groups in total. The molecule has 0 radical (unpaired) electrons. The fraction of sp³-hybridized carbons (Fsp3) is 0.0833. The zero-order chi connectivity index (χ0) is 25.5. The predicted molar refractivity (Wildman–Crippen MR) is 125 cm³/mol. The summed E-state index contributed by atoms with van der Waals surface area (Å²) in [5.41, 5.74) is 1.86. The molecule has 10 heteroatoms. The Bertz CT molecular complexity index is 1120. The van der Waals surface area contributed by atoms with E-state index in [1.807, 2.05) is 50.2 Å². The van der Waals surface area contributed by atoms with E-state index >= 15 is 0 Å². The highest BCUT2D eigenvalue weighted by atomic mass is 32.2. The first kappa shape index (κ1) is 28.6. The number of aryl methyl sites for hydroxylation is 2. The van der Waals surface area contributed by atoms with Gasteiger partial charge in [-0.05, 0) is 50.2 Å². The Labute approximate surface area is 199 Å². The van der Waals surface area contributed by atoms with E-state index in [1.54, 1.807) is 49.3 Å². The lowest BCUT2D eigenvalue weighted by Gasteiger charge is -2.05. The van der Waals surface area contributed by atoms with E-state index in [9.17, 15) is 25.9 Å². The Morgan fingerprint density at radius 2 is 0.765 bits per heavy atom. The van der Waals surface area contributed by atoms with Crippen molar-refractivity contribution in [1.82, 2.24) is 0 Å². The van der Waals surface area contributed by atoms with Crippen LogP contribution in [0.2, 0.25) is 0 Å². The van der Waals surface area contributed by atoms with Crippen molar-refractivity contribution >= 4 is 20.2 Å². The summed E-state index contributed by atoms with van der Waals surface area (Å²) >= 11 is 0. The summed E-state index contributed by atoms with van der Waals surface area (Å²) in [5.74, 6) is 0. The number of benzene rings is 2. The molecule has 0 unspecified atom stereocenters. The first-order chi connectivity index (χ1) is 16.0. The van der Waals surface area contributed by atoms with Gasteiger partial charge in [-0.25, -0.2) is 25.7 Å². The second-order valence-electron chi connectivity index (χ2n) is 6.51. The van der Waals surface area contributed by atoms with E-state index in [1.165, 1.54) is 24.3 Å². The largest absolute Gasteiger partial charge is 0.744 e. The van der Waals surface area contributed by atoms with Crippen LogP contribution in [0.1, 0.15) is 11.1 Å². The minimum atomic E-state index is -4.27. The van der Waals surface area contributed by atoms with Gasteiger partial charge in [0.25, 0.3) is 0 Å². The number of hydrogen-bond donors (Lipinski definition) is 0. The Morgan fingerprint density at radius 3 is 0.912 bits per heavy atom. The normalized spacial score (nSPS) is 10.2. The molecule has 2 aromatic carbocycles. The SMILES string of the molecule is Cc1ccc(S(=O)(=O)[O-])cc1.Cc1ccc(S(=O)(=O)[O-])cc1.c1cc[o+]cc1.c1cc[o+]cc1. The van der Waals surface area contributed by atoms with Crippen LogP contribution < -0.4 is 0 Å². The average Bonchev–Trinajstić information content (AvgIpc) is 2.82. The van der Waals surface area contributed by atoms with Crippen LogP contribution in [0.3, 0.4) is 0 Å². The van der Waals surface area contributed by atoms with Crippen molar-refractivity contribution in [2.24, 2.45) is 0 Å². The van der Waals surface area contributed by atoms with Crippen molar-refractivity contribution in [3.05, 3.63) is 121 Å². The van der Waals surface area contributed by atoms with E-state index in [-0.39, 0.29) is 9.79 Å². The minimum Gasteiger partial charge on any atom is -0.744 e. The lowest BCUT2D eigenvalue weighted by atomic mass is 10.2. The van der Waals surface area contributed by atoms with Crippen LogP contribution in [0.4, 0.5) is 0 Å². The highest BCUT2D eigenvalue weighted by Gasteiger charge is 1.98. The van der Waals surface area contributed by atoms with Gasteiger partial charge in [-0.2, -0.15) is 0 Å². The van der Waals surface area contributed by atoms with Gasteiger partial charge in [0.1, 0.15) is 20.2 Å². The minimum absolute atomic E-state index is 0.178. The monoisotopic (exact) mass is 504 g/mol. The van der Waals surface area contributed by atoms with E-state index in [2.05, 4.69) is 8.83 Å². The Balaban J connectivity index is 0.000000235. The molecule has 0 spiro atoms. The molecule has 8 nitrogen and oxygen atoms in total. The molecule has 0 aliphatic heterocycles. The molecule has 2 heterocycles. The van der Waals surface area contributed by atoms with E-state index in [4.69, 9.17) is 0 Å². The van der Waals surface area contributed by atoms with Gasteiger partial charge in [0, 0.05) is 24.3 Å². The zero-order valence-electron chi connectivity index (χ0n) is 18.5. The molecule has 0 saturated heterocycles. The molecule has 0 fully saturated rings. The Morgan fingerprint density at radius 1 is 0.500 bits per heavy atom. The molecule has 0 aliphatic carbocycles. The smallest absolute Gasteiger partial charge is 0.317 e. The van der Waals surface area contributed by atoms with Crippen LogP contribution in [0.5, 0.6) is 0 Å². The molecular formula is C24H24O8S2. The third-order valence-electron chi connectivity index (χ3n) is 3.69. The van der Waals surface area contributed by atoms with Crippen LogP contribution in [0.15, 0.2) is 129 Å². The predicted octanol–water partition coefficient (Wildman–Crippen LogP) is 4.92. The maximum atomic E-state index is 10.4. The highest BCUT2D eigenvalue weighted by Crippen LogP contribution is 2.09. The third kappa shape index (κ3) is 13.2. The van der Waals surface area contributed by atoms with E-state index in [0.29, 0.717) is 0 Å². The molecule has 0 bridgehead atoms. The number of hydrogen-bond acceptors (Lipinski definition) is 6. The van der Waals surface area contributed by atoms with Crippen LogP contribution in [-0.2, 0) is 20.2 Å². The molecule has 0 amide bonds. The van der Waals surface area contributed by atoms with Gasteiger partial charge in [-0.3, -0.25) is 0 Å². The molecule has 34 heavy (non-hydrogen) atoms. The van der Waals surface area contributed by atoms with Crippen LogP contribution in [0, 0.1) is 13.8 Å². The zero-order valence-corrected chi connectivity index (χ0v) is 20.1. The van der Waals surface area contributed by atoms with Gasteiger partial charge >= 0.3 is 25.1 Å². The van der Waals surface area contributed by atoms with E-state index < -0.39 is 20.2 Å². The standard InChI is InChI=1S/2C7H8O3S.2C5H5O/c2*1-6-2-4-7(5-3-6)11(8,9)10;2*1-2-4-6-5-3-1/h2*2-5H,1H3,(H,8,9,10);2*1-5H/q;;2*+1/p-2. The summed E-state index contributed by atoms with van der Waals surface area (Å²) in [7, 11) is -8.54. The first-order valence-corrected chi connectivity index (χ1v) is 12.5. The second kappa shape index (κ2) is 14.7. The Hall–Kier alpha value is -3.44. The summed E-state index contributed by atoms with van der Waals surface area (Å²) in [5, 5.41) is 0. The van der Waals surface area contributed by atoms with Crippen LogP contribution in [0.25, 0.3) is 0 Å². The summed E-state index contributed by atoms with van der Waals surface area (Å²) < 4.78 is 71.7. The van der Waals surface area contributed by atoms with Crippen molar-refractivity contribution < 1.29 is 34.8 Å². The van der Waals surface area contributed by atoms with Gasteiger partial charge in [0.05, 0.1) is 9.79 Å². The average molecular weight is 505 g/mol. The summed E-state index contributed by atoms with van der Waals surface area (Å²) in [6, 6.07) is 22.7. The Kier molecular flexibility index (Phi) is 12.3. The molecule has 0 atom stereocenters. The summed E-state index contributed by atoms with van der Waals surface area (Å²) in [6.45, 7) is 3.64. The molecule has 0 aliphatic rings. The van der Waals surface area contributed by atoms with Gasteiger partial charge < -0.3 is 9.11 Å². The maximum Gasteiger partial charge on any atom is 0.317 e. The fourth-order valence-electron chi connectivity index (χ4n) is 1.99. The quantitative estimate of drug-likeness (QED) is 0.277. The summed E-state index contributed by atoms with van der Waals surface area (Å²) in [4.78, 5) is -0.355. The highest BCUT2D eigenvalue weighted by molar-refractivity contribution is 7.86. The molecule has 2 aromatic heterocycles. The molecular weight excluding hydrogens is 480 g/mol. The first-order valence-electron chi connectivity index (χ1n) is 9.66. The van der Waals surface area contributed by atoms with Crippen molar-refractivity contribution in [2.45, 2.75) is 23.6 Å². The van der Waals surface area contributed by atoms with Gasteiger partial charge in [0.15, 0.2) is 0 Å². The number of rotatable bonds is 2. The molecule has 180 valence electrons. The van der Waals surface area contributed by atoms with Gasteiger partial charge in [-0.15, -0.1) is 0 Å². The molecule has 4 rings (SSSR count). The molecule has 4 aromatic rings. The lowest BCUT2D eigenvalue weighted by molar-refractivity contribution is 0.461. The molecule has 0 saturated carbocycles. The second-order valence-corrected chi connectivity index (χ2v) is 9.26. The van der Waals surface area contributed by atoms with Crippen LogP contribution in [-0.4, -0.2) is 25.9 Å². The fourth-order valence-corrected chi connectivity index (χ4v) is 2.93. The topological polar surface area (TPSA) is 137 Å². The van der Waals surface area contributed by atoms with Gasteiger partial charge in [0.2, 0.25) is 0 Å². The van der Waals surface area contributed by atoms with Crippen molar-refractivity contribution in [2.75, 3.05) is 0 Å². The summed E-state index contributed by atoms with van der Waals surface area (Å²) in [6.07, 6.45) is 6.50. The van der Waals surface area contributed by atoms with Crippen LogP contribution >= 0.6 is 0 Å². The van der Waals surface area contributed by atoms with Crippen molar-refractivity contribution in [1.29, 1.82) is 0 Å².